The van der Waals surface area contributed by atoms with Crippen molar-refractivity contribution in [1.29, 1.82) is 0 Å². The standard InChI is InChI=1S/C24H14O12/c25-19(26)9-1-2-14(23(33)34)15(6-9)16-7-13(22(31)32)8-17(24(35)36)18(16)10-3-11(20(27)28)5-12(4-10)21(29)30/h1-8H,(H,25,26)(H,27,28)(H,29,30)(H,31,32)(H,33,34)(H,35,36). The molecule has 3 rings (SSSR count). The van der Waals surface area contributed by atoms with Crippen molar-refractivity contribution in [2.75, 3.05) is 0 Å². The Bertz CT molecular complexity index is 1470. The van der Waals surface area contributed by atoms with Crippen LogP contribution in [0, 0.1) is 0 Å². The topological polar surface area (TPSA) is 224 Å². The van der Waals surface area contributed by atoms with Gasteiger partial charge in [-0.05, 0) is 65.2 Å². The highest BCUT2D eigenvalue weighted by Gasteiger charge is 2.26. The maximum atomic E-state index is 12.1. The third-order valence-corrected chi connectivity index (χ3v) is 5.12. The number of rotatable bonds is 8. The van der Waals surface area contributed by atoms with Crippen molar-refractivity contribution in [3.8, 4) is 22.3 Å². The minimum absolute atomic E-state index is 0.297. The first-order valence-corrected chi connectivity index (χ1v) is 9.69. The zero-order valence-electron chi connectivity index (χ0n) is 17.8. The van der Waals surface area contributed by atoms with Gasteiger partial charge in [0.2, 0.25) is 0 Å². The normalized spacial score (nSPS) is 10.4. The predicted octanol–water partition coefficient (Wildman–Crippen LogP) is 3.21. The van der Waals surface area contributed by atoms with E-state index in [1.807, 2.05) is 0 Å². The molecule has 3 aromatic rings. The molecule has 0 amide bonds. The molecular formula is C24H14O12. The van der Waals surface area contributed by atoms with Gasteiger partial charge in [0, 0.05) is 5.56 Å². The second-order valence-corrected chi connectivity index (χ2v) is 7.34. The molecule has 0 saturated carbocycles. The summed E-state index contributed by atoms with van der Waals surface area (Å²) in [7, 11) is 0. The summed E-state index contributed by atoms with van der Waals surface area (Å²) in [6.07, 6.45) is 0. The van der Waals surface area contributed by atoms with Crippen molar-refractivity contribution >= 4 is 35.8 Å². The molecule has 0 spiro atoms. The maximum absolute atomic E-state index is 12.1. The SMILES string of the molecule is O=C(O)c1cc(C(=O)O)cc(-c2c(C(=O)O)cc(C(=O)O)cc2-c2cc(C(=O)O)ccc2C(=O)O)c1. The molecule has 0 fully saturated rings. The van der Waals surface area contributed by atoms with E-state index in [0.29, 0.717) is 0 Å². The van der Waals surface area contributed by atoms with E-state index >= 15 is 0 Å². The van der Waals surface area contributed by atoms with Crippen LogP contribution in [0.5, 0.6) is 0 Å². The van der Waals surface area contributed by atoms with E-state index in [4.69, 9.17) is 0 Å². The molecular weight excluding hydrogens is 480 g/mol. The Morgan fingerprint density at radius 1 is 0.417 bits per heavy atom. The van der Waals surface area contributed by atoms with Crippen molar-refractivity contribution < 1.29 is 59.4 Å². The van der Waals surface area contributed by atoms with Crippen LogP contribution in [0.1, 0.15) is 62.1 Å². The Morgan fingerprint density at radius 2 is 0.861 bits per heavy atom. The Labute approximate surface area is 199 Å². The molecule has 182 valence electrons. The van der Waals surface area contributed by atoms with Crippen LogP contribution in [0.3, 0.4) is 0 Å². The number of carboxylic acid groups (broad SMARTS) is 6. The number of hydrogen-bond acceptors (Lipinski definition) is 6. The number of carboxylic acids is 6. The average molecular weight is 494 g/mol. The Hall–Kier alpha value is -5.52. The van der Waals surface area contributed by atoms with Gasteiger partial charge in [0.25, 0.3) is 0 Å². The molecule has 0 aliphatic rings. The Kier molecular flexibility index (Phi) is 6.54. The second kappa shape index (κ2) is 9.38. The summed E-state index contributed by atoms with van der Waals surface area (Å²) >= 11 is 0. The lowest BCUT2D eigenvalue weighted by atomic mass is 9.85. The quantitative estimate of drug-likeness (QED) is 0.265. The summed E-state index contributed by atoms with van der Waals surface area (Å²) in [4.78, 5) is 70.6. The Balaban J connectivity index is 2.61. The fourth-order valence-corrected chi connectivity index (χ4v) is 3.56. The molecule has 0 bridgehead atoms. The molecule has 0 atom stereocenters. The third-order valence-electron chi connectivity index (χ3n) is 5.12. The molecule has 0 unspecified atom stereocenters. The van der Waals surface area contributed by atoms with Gasteiger partial charge in [-0.2, -0.15) is 0 Å². The summed E-state index contributed by atoms with van der Waals surface area (Å²) in [6, 6.07) is 7.10. The van der Waals surface area contributed by atoms with Gasteiger partial charge in [0.1, 0.15) is 0 Å². The fraction of sp³-hybridized carbons (Fsp3) is 0. The van der Waals surface area contributed by atoms with E-state index in [0.717, 1.165) is 48.5 Å². The third kappa shape index (κ3) is 4.72. The zero-order chi connectivity index (χ0) is 26.9. The summed E-state index contributed by atoms with van der Waals surface area (Å²) in [5.74, 6) is -9.43. The molecule has 0 aliphatic carbocycles. The monoisotopic (exact) mass is 494 g/mol. The molecule has 12 heteroatoms. The van der Waals surface area contributed by atoms with Crippen LogP contribution in [0.4, 0.5) is 0 Å². The molecule has 0 aliphatic heterocycles. The average Bonchev–Trinajstić information content (AvgIpc) is 2.82. The van der Waals surface area contributed by atoms with Gasteiger partial charge in [0.15, 0.2) is 0 Å². The first kappa shape index (κ1) is 25.1. The van der Waals surface area contributed by atoms with Crippen molar-refractivity contribution in [3.63, 3.8) is 0 Å². The summed E-state index contributed by atoms with van der Waals surface area (Å²) in [5.41, 5.74) is -4.84. The van der Waals surface area contributed by atoms with Crippen LogP contribution in [0.15, 0.2) is 48.5 Å². The molecule has 0 heterocycles. The van der Waals surface area contributed by atoms with E-state index in [-0.39, 0.29) is 16.7 Å². The van der Waals surface area contributed by atoms with Gasteiger partial charge in [-0.3, -0.25) is 0 Å². The molecule has 36 heavy (non-hydrogen) atoms. The predicted molar refractivity (Wildman–Crippen MR) is 119 cm³/mol. The fourth-order valence-electron chi connectivity index (χ4n) is 3.56. The number of carbonyl (C=O) groups is 6. The second-order valence-electron chi connectivity index (χ2n) is 7.34. The highest BCUT2D eigenvalue weighted by molar-refractivity contribution is 6.09. The van der Waals surface area contributed by atoms with Gasteiger partial charge in [0.05, 0.1) is 33.4 Å². The van der Waals surface area contributed by atoms with Crippen molar-refractivity contribution in [1.82, 2.24) is 0 Å². The minimum atomic E-state index is -1.70. The highest BCUT2D eigenvalue weighted by atomic mass is 16.4. The van der Waals surface area contributed by atoms with Crippen LogP contribution < -0.4 is 0 Å². The van der Waals surface area contributed by atoms with Gasteiger partial charge >= 0.3 is 35.8 Å². The van der Waals surface area contributed by atoms with Crippen LogP contribution in [-0.2, 0) is 0 Å². The maximum Gasteiger partial charge on any atom is 0.336 e. The van der Waals surface area contributed by atoms with Crippen LogP contribution in [-0.4, -0.2) is 66.5 Å². The number of aromatic carboxylic acids is 6. The molecule has 0 saturated heterocycles. The molecule has 0 radical (unpaired) electrons. The minimum Gasteiger partial charge on any atom is -0.478 e. The van der Waals surface area contributed by atoms with E-state index < -0.39 is 74.8 Å². The first-order valence-electron chi connectivity index (χ1n) is 9.69. The van der Waals surface area contributed by atoms with Crippen LogP contribution >= 0.6 is 0 Å². The lowest BCUT2D eigenvalue weighted by Gasteiger charge is -2.18. The molecule has 12 nitrogen and oxygen atoms in total. The van der Waals surface area contributed by atoms with Gasteiger partial charge in [-0.15, -0.1) is 0 Å². The van der Waals surface area contributed by atoms with Gasteiger partial charge in [-0.1, -0.05) is 0 Å². The van der Waals surface area contributed by atoms with Gasteiger partial charge in [-0.25, -0.2) is 28.8 Å². The number of hydrogen-bond donors (Lipinski definition) is 6. The van der Waals surface area contributed by atoms with Crippen LogP contribution in [0.25, 0.3) is 22.3 Å². The largest absolute Gasteiger partial charge is 0.478 e. The first-order chi connectivity index (χ1) is 16.8. The summed E-state index contributed by atoms with van der Waals surface area (Å²) < 4.78 is 0. The lowest BCUT2D eigenvalue weighted by Crippen LogP contribution is -2.10. The van der Waals surface area contributed by atoms with E-state index in [1.54, 1.807) is 0 Å². The van der Waals surface area contributed by atoms with E-state index in [2.05, 4.69) is 0 Å². The summed E-state index contributed by atoms with van der Waals surface area (Å²) in [6.45, 7) is 0. The lowest BCUT2D eigenvalue weighted by molar-refractivity contribution is 0.0677. The summed E-state index contributed by atoms with van der Waals surface area (Å²) in [5, 5.41) is 57.3. The highest BCUT2D eigenvalue weighted by Crippen LogP contribution is 2.39. The number of benzene rings is 3. The van der Waals surface area contributed by atoms with Crippen molar-refractivity contribution in [2.45, 2.75) is 0 Å². The molecule has 0 aromatic heterocycles. The van der Waals surface area contributed by atoms with Crippen molar-refractivity contribution in [2.24, 2.45) is 0 Å². The van der Waals surface area contributed by atoms with Gasteiger partial charge < -0.3 is 30.6 Å². The van der Waals surface area contributed by atoms with E-state index in [9.17, 15) is 59.4 Å². The van der Waals surface area contributed by atoms with E-state index in [1.165, 1.54) is 0 Å². The van der Waals surface area contributed by atoms with Crippen molar-refractivity contribution in [3.05, 3.63) is 81.9 Å². The zero-order valence-corrected chi connectivity index (χ0v) is 17.8. The van der Waals surface area contributed by atoms with Crippen LogP contribution in [0.2, 0.25) is 0 Å². The molecule has 6 N–H and O–H groups in total. The smallest absolute Gasteiger partial charge is 0.336 e. The Morgan fingerprint density at radius 3 is 1.31 bits per heavy atom. The molecule has 3 aromatic carbocycles.